The summed E-state index contributed by atoms with van der Waals surface area (Å²) in [4.78, 5) is 14.2. The van der Waals surface area contributed by atoms with Gasteiger partial charge in [0.05, 0.1) is 5.56 Å². The zero-order valence-electron chi connectivity index (χ0n) is 12.7. The Balaban J connectivity index is 1.84. The van der Waals surface area contributed by atoms with Gasteiger partial charge in [-0.15, -0.1) is 0 Å². The van der Waals surface area contributed by atoms with Crippen LogP contribution in [0.4, 0.5) is 8.78 Å². The molecule has 1 heterocycles. The molecular weight excluding hydrogens is 272 g/mol. The minimum Gasteiger partial charge on any atom is -0.303 e. The van der Waals surface area contributed by atoms with E-state index in [0.29, 0.717) is 12.5 Å². The molecule has 0 aromatic heterocycles. The first-order valence-electron chi connectivity index (χ1n) is 7.68. The largest absolute Gasteiger partial charge is 0.303 e. The summed E-state index contributed by atoms with van der Waals surface area (Å²) in [6.45, 7) is 7.09. The molecular formula is C17H23F2NO. The monoisotopic (exact) mass is 295 g/mol. The zero-order valence-corrected chi connectivity index (χ0v) is 12.7. The number of halogens is 2. The molecule has 0 atom stereocenters. The molecule has 0 saturated carbocycles. The van der Waals surface area contributed by atoms with Crippen LogP contribution in [0.1, 0.15) is 43.5 Å². The van der Waals surface area contributed by atoms with E-state index in [9.17, 15) is 13.6 Å². The van der Waals surface area contributed by atoms with Crippen molar-refractivity contribution in [2.75, 3.05) is 19.6 Å². The van der Waals surface area contributed by atoms with Crippen molar-refractivity contribution in [1.82, 2.24) is 4.90 Å². The van der Waals surface area contributed by atoms with Gasteiger partial charge in [0.2, 0.25) is 0 Å². The average Bonchev–Trinajstić information content (AvgIpc) is 2.48. The number of carbonyl (C=O) groups is 1. The predicted molar refractivity (Wildman–Crippen MR) is 79.3 cm³/mol. The van der Waals surface area contributed by atoms with Crippen LogP contribution < -0.4 is 0 Å². The van der Waals surface area contributed by atoms with Gasteiger partial charge in [0.15, 0.2) is 17.4 Å². The normalized spacial score (nSPS) is 17.4. The smallest absolute Gasteiger partial charge is 0.169 e. The lowest BCUT2D eigenvalue weighted by atomic mass is 9.86. The summed E-state index contributed by atoms with van der Waals surface area (Å²) in [6.07, 6.45) is 2.55. The number of Topliss-reactive ketones (excluding diaryl/α,β-unsaturated/α-hetero) is 1. The second-order valence-electron chi connectivity index (χ2n) is 6.20. The van der Waals surface area contributed by atoms with Crippen LogP contribution in [0.25, 0.3) is 0 Å². The van der Waals surface area contributed by atoms with Gasteiger partial charge in [0.25, 0.3) is 0 Å². The number of piperidine rings is 1. The minimum atomic E-state index is -1.03. The predicted octanol–water partition coefficient (Wildman–Crippen LogP) is 3.91. The Hall–Kier alpha value is -1.29. The van der Waals surface area contributed by atoms with Gasteiger partial charge in [-0.25, -0.2) is 8.78 Å². The molecule has 0 radical (unpaired) electrons. The van der Waals surface area contributed by atoms with Crippen LogP contribution in [0, 0.1) is 23.5 Å². The van der Waals surface area contributed by atoms with Gasteiger partial charge in [-0.2, -0.15) is 0 Å². The number of ketones is 1. The van der Waals surface area contributed by atoms with Gasteiger partial charge in [-0.1, -0.05) is 19.9 Å². The third kappa shape index (κ3) is 4.10. The highest BCUT2D eigenvalue weighted by atomic mass is 19.2. The van der Waals surface area contributed by atoms with Crippen molar-refractivity contribution >= 4 is 5.78 Å². The van der Waals surface area contributed by atoms with Crippen LogP contribution >= 0.6 is 0 Å². The number of nitrogens with zero attached hydrogens (tertiary/aromatic N) is 1. The molecule has 0 N–H and O–H groups in total. The second-order valence-corrected chi connectivity index (χ2v) is 6.20. The van der Waals surface area contributed by atoms with Crippen LogP contribution in [0.2, 0.25) is 0 Å². The summed E-state index contributed by atoms with van der Waals surface area (Å²) in [5, 5.41) is 0. The molecule has 0 spiro atoms. The highest BCUT2D eigenvalue weighted by Gasteiger charge is 2.22. The van der Waals surface area contributed by atoms with Gasteiger partial charge in [-0.05, 0) is 49.9 Å². The van der Waals surface area contributed by atoms with Crippen LogP contribution in [0.5, 0.6) is 0 Å². The lowest BCUT2D eigenvalue weighted by Gasteiger charge is -2.33. The Bertz CT molecular complexity index is 494. The first kappa shape index (κ1) is 16.1. The maximum absolute atomic E-state index is 13.5. The quantitative estimate of drug-likeness (QED) is 0.768. The Kier molecular flexibility index (Phi) is 5.45. The molecule has 1 saturated heterocycles. The maximum atomic E-state index is 13.5. The third-order valence-corrected chi connectivity index (χ3v) is 4.48. The molecule has 116 valence electrons. The summed E-state index contributed by atoms with van der Waals surface area (Å²) in [5.41, 5.74) is -0.132. The van der Waals surface area contributed by atoms with Crippen molar-refractivity contribution in [2.45, 2.75) is 33.1 Å². The average molecular weight is 295 g/mol. The SMILES string of the molecule is CC(C)C1CCN(CCC(=O)c2cccc(F)c2F)CC1. The molecule has 2 rings (SSSR count). The lowest BCUT2D eigenvalue weighted by Crippen LogP contribution is -2.36. The van der Waals surface area contributed by atoms with E-state index in [0.717, 1.165) is 37.9 Å². The molecule has 0 bridgehead atoms. The summed E-state index contributed by atoms with van der Waals surface area (Å²) >= 11 is 0. The molecule has 1 aliphatic heterocycles. The Morgan fingerprint density at radius 3 is 2.57 bits per heavy atom. The van der Waals surface area contributed by atoms with Crippen LogP contribution in [0.15, 0.2) is 18.2 Å². The van der Waals surface area contributed by atoms with E-state index in [1.165, 1.54) is 12.1 Å². The number of likely N-dealkylation sites (tertiary alicyclic amines) is 1. The molecule has 1 aromatic carbocycles. The number of carbonyl (C=O) groups excluding carboxylic acids is 1. The number of hydrogen-bond acceptors (Lipinski definition) is 2. The van der Waals surface area contributed by atoms with Gasteiger partial charge in [-0.3, -0.25) is 4.79 Å². The van der Waals surface area contributed by atoms with E-state index < -0.39 is 11.6 Å². The van der Waals surface area contributed by atoms with Crippen molar-refractivity contribution in [3.8, 4) is 0 Å². The van der Waals surface area contributed by atoms with Crippen molar-refractivity contribution in [3.05, 3.63) is 35.4 Å². The summed E-state index contributed by atoms with van der Waals surface area (Å²) in [6, 6.07) is 3.76. The summed E-state index contributed by atoms with van der Waals surface area (Å²) in [7, 11) is 0. The Labute approximate surface area is 125 Å². The van der Waals surface area contributed by atoms with Crippen LogP contribution in [-0.4, -0.2) is 30.3 Å². The van der Waals surface area contributed by atoms with Crippen molar-refractivity contribution in [2.24, 2.45) is 11.8 Å². The first-order chi connectivity index (χ1) is 9.99. The first-order valence-corrected chi connectivity index (χ1v) is 7.68. The fourth-order valence-electron chi connectivity index (χ4n) is 2.96. The van der Waals surface area contributed by atoms with Gasteiger partial charge >= 0.3 is 0 Å². The molecule has 0 aliphatic carbocycles. The van der Waals surface area contributed by atoms with Crippen molar-refractivity contribution < 1.29 is 13.6 Å². The minimum absolute atomic E-state index is 0.132. The lowest BCUT2D eigenvalue weighted by molar-refractivity contribution is 0.0938. The fraction of sp³-hybridized carbons (Fsp3) is 0.588. The molecule has 4 heteroatoms. The standard InChI is InChI=1S/C17H23F2NO/c1-12(2)13-6-9-20(10-7-13)11-8-16(21)14-4-3-5-15(18)17(14)19/h3-5,12-13H,6-11H2,1-2H3. The molecule has 1 fully saturated rings. The Morgan fingerprint density at radius 1 is 1.29 bits per heavy atom. The molecule has 0 unspecified atom stereocenters. The number of benzene rings is 1. The molecule has 0 amide bonds. The van der Waals surface area contributed by atoms with Crippen LogP contribution in [-0.2, 0) is 0 Å². The number of hydrogen-bond donors (Lipinski definition) is 0. The molecule has 1 aliphatic rings. The Morgan fingerprint density at radius 2 is 1.95 bits per heavy atom. The zero-order chi connectivity index (χ0) is 15.4. The van der Waals surface area contributed by atoms with Gasteiger partial charge in [0, 0.05) is 13.0 Å². The van der Waals surface area contributed by atoms with E-state index in [1.54, 1.807) is 0 Å². The van der Waals surface area contributed by atoms with Gasteiger partial charge < -0.3 is 4.90 Å². The number of rotatable bonds is 5. The fourth-order valence-corrected chi connectivity index (χ4v) is 2.96. The second kappa shape index (κ2) is 7.12. The van der Waals surface area contributed by atoms with Crippen molar-refractivity contribution in [3.63, 3.8) is 0 Å². The third-order valence-electron chi connectivity index (χ3n) is 4.48. The summed E-state index contributed by atoms with van der Waals surface area (Å²) < 4.78 is 26.7. The van der Waals surface area contributed by atoms with Crippen molar-refractivity contribution in [1.29, 1.82) is 0 Å². The molecule has 21 heavy (non-hydrogen) atoms. The topological polar surface area (TPSA) is 20.3 Å². The van der Waals surface area contributed by atoms with E-state index in [1.807, 2.05) is 0 Å². The van der Waals surface area contributed by atoms with E-state index in [4.69, 9.17) is 0 Å². The highest BCUT2D eigenvalue weighted by Crippen LogP contribution is 2.24. The molecule has 2 nitrogen and oxygen atoms in total. The summed E-state index contributed by atoms with van der Waals surface area (Å²) in [5.74, 6) is -0.842. The van der Waals surface area contributed by atoms with E-state index in [2.05, 4.69) is 18.7 Å². The van der Waals surface area contributed by atoms with E-state index >= 15 is 0 Å². The molecule has 1 aromatic rings. The van der Waals surface area contributed by atoms with E-state index in [-0.39, 0.29) is 17.8 Å². The van der Waals surface area contributed by atoms with Gasteiger partial charge in [0.1, 0.15) is 0 Å². The van der Waals surface area contributed by atoms with Crippen LogP contribution in [0.3, 0.4) is 0 Å². The maximum Gasteiger partial charge on any atom is 0.169 e. The highest BCUT2D eigenvalue weighted by molar-refractivity contribution is 5.96.